The number of carbonyl (C=O) groups is 1. The molecule has 13 heavy (non-hydrogen) atoms. The van der Waals surface area contributed by atoms with Crippen molar-refractivity contribution in [3.63, 3.8) is 0 Å². The van der Waals surface area contributed by atoms with Gasteiger partial charge in [-0.05, 0) is 0 Å². The van der Waals surface area contributed by atoms with Crippen molar-refractivity contribution < 1.29 is 9.90 Å². The predicted molar refractivity (Wildman–Crippen MR) is 48.4 cm³/mol. The molecular formula is C9H14N2O2. The van der Waals surface area contributed by atoms with E-state index in [1.165, 1.54) is 0 Å². The van der Waals surface area contributed by atoms with E-state index in [1.807, 2.05) is 24.7 Å². The summed E-state index contributed by atoms with van der Waals surface area (Å²) < 4.78 is 1.82. The number of aromatic nitrogens is 2. The average Bonchev–Trinajstić information content (AvgIpc) is 2.49. The highest BCUT2D eigenvalue weighted by Gasteiger charge is 2.22. The number of hydrogen-bond acceptors (Lipinski definition) is 2. The molecule has 0 aromatic carbocycles. The smallest absolute Gasteiger partial charge is 0.306 e. The fourth-order valence-corrected chi connectivity index (χ4v) is 1.14. The molecular weight excluding hydrogens is 168 g/mol. The molecule has 0 aliphatic heterocycles. The second kappa shape index (κ2) is 3.60. The summed E-state index contributed by atoms with van der Waals surface area (Å²) in [5.41, 5.74) is 0.831. The zero-order valence-corrected chi connectivity index (χ0v) is 8.06. The lowest BCUT2D eigenvalue weighted by atomic mass is 9.94. The van der Waals surface area contributed by atoms with Gasteiger partial charge in [0.05, 0.1) is 17.9 Å². The van der Waals surface area contributed by atoms with Crippen molar-refractivity contribution in [2.24, 2.45) is 13.0 Å². The van der Waals surface area contributed by atoms with Gasteiger partial charge in [-0.25, -0.2) is 4.98 Å². The topological polar surface area (TPSA) is 55.1 Å². The summed E-state index contributed by atoms with van der Waals surface area (Å²) in [6.45, 7) is 3.57. The molecule has 2 atom stereocenters. The van der Waals surface area contributed by atoms with Crippen molar-refractivity contribution in [2.75, 3.05) is 0 Å². The summed E-state index contributed by atoms with van der Waals surface area (Å²) in [5, 5.41) is 8.79. The predicted octanol–water partition coefficient (Wildman–Crippen LogP) is 1.24. The molecule has 2 unspecified atom stereocenters. The van der Waals surface area contributed by atoms with Crippen LogP contribution in [0.1, 0.15) is 25.5 Å². The second-order valence-electron chi connectivity index (χ2n) is 3.38. The van der Waals surface area contributed by atoms with Gasteiger partial charge >= 0.3 is 5.97 Å². The van der Waals surface area contributed by atoms with Crippen molar-refractivity contribution in [1.29, 1.82) is 0 Å². The molecule has 0 amide bonds. The van der Waals surface area contributed by atoms with E-state index in [2.05, 4.69) is 4.98 Å². The molecule has 4 heteroatoms. The van der Waals surface area contributed by atoms with Gasteiger partial charge in [-0.15, -0.1) is 0 Å². The van der Waals surface area contributed by atoms with Gasteiger partial charge < -0.3 is 9.67 Å². The molecule has 1 aromatic rings. The molecule has 0 saturated carbocycles. The summed E-state index contributed by atoms with van der Waals surface area (Å²) in [6.07, 6.45) is 3.53. The van der Waals surface area contributed by atoms with Crippen LogP contribution in [0.2, 0.25) is 0 Å². The number of imidazole rings is 1. The standard InChI is InChI=1S/C9H14N2O2/c1-6(7(2)9(12)13)8-4-11(3)5-10-8/h4-7H,1-3H3,(H,12,13). The van der Waals surface area contributed by atoms with Crippen LogP contribution < -0.4 is 0 Å². The van der Waals surface area contributed by atoms with Crippen molar-refractivity contribution in [3.05, 3.63) is 18.2 Å². The van der Waals surface area contributed by atoms with E-state index in [0.29, 0.717) is 0 Å². The maximum absolute atomic E-state index is 10.7. The van der Waals surface area contributed by atoms with Crippen LogP contribution in [-0.2, 0) is 11.8 Å². The van der Waals surface area contributed by atoms with Crippen molar-refractivity contribution in [3.8, 4) is 0 Å². The van der Waals surface area contributed by atoms with Crippen molar-refractivity contribution >= 4 is 5.97 Å². The molecule has 0 saturated heterocycles. The zero-order chi connectivity index (χ0) is 10.0. The third kappa shape index (κ3) is 2.08. The van der Waals surface area contributed by atoms with E-state index in [0.717, 1.165) is 5.69 Å². The summed E-state index contributed by atoms with van der Waals surface area (Å²) in [7, 11) is 1.87. The number of nitrogens with zero attached hydrogens (tertiary/aromatic N) is 2. The third-order valence-electron chi connectivity index (χ3n) is 2.33. The molecule has 4 nitrogen and oxygen atoms in total. The Labute approximate surface area is 77.2 Å². The van der Waals surface area contributed by atoms with Crippen molar-refractivity contribution in [2.45, 2.75) is 19.8 Å². The quantitative estimate of drug-likeness (QED) is 0.765. The molecule has 1 heterocycles. The zero-order valence-electron chi connectivity index (χ0n) is 8.06. The molecule has 0 radical (unpaired) electrons. The number of hydrogen-bond donors (Lipinski definition) is 1. The minimum absolute atomic E-state index is 0.0429. The van der Waals surface area contributed by atoms with Gasteiger partial charge in [0.25, 0.3) is 0 Å². The Morgan fingerprint density at radius 1 is 1.62 bits per heavy atom. The first kappa shape index (κ1) is 9.77. The Morgan fingerprint density at radius 3 is 2.62 bits per heavy atom. The first-order valence-corrected chi connectivity index (χ1v) is 4.23. The van der Waals surface area contributed by atoms with Gasteiger partial charge in [-0.3, -0.25) is 4.79 Å². The Morgan fingerprint density at radius 2 is 2.23 bits per heavy atom. The normalized spacial score (nSPS) is 15.3. The lowest BCUT2D eigenvalue weighted by molar-refractivity contribution is -0.141. The molecule has 0 spiro atoms. The Balaban J connectivity index is 2.78. The van der Waals surface area contributed by atoms with Gasteiger partial charge in [0.15, 0.2) is 0 Å². The number of carboxylic acid groups (broad SMARTS) is 1. The lowest BCUT2D eigenvalue weighted by Gasteiger charge is -2.12. The van der Waals surface area contributed by atoms with E-state index in [4.69, 9.17) is 5.11 Å². The van der Waals surface area contributed by atoms with E-state index in [1.54, 1.807) is 13.3 Å². The Bertz CT molecular complexity index is 306. The molecule has 0 aliphatic rings. The molecule has 1 N–H and O–H groups in total. The molecule has 0 bridgehead atoms. The summed E-state index contributed by atoms with van der Waals surface area (Å²) in [6, 6.07) is 0. The van der Waals surface area contributed by atoms with Crippen LogP contribution in [0.5, 0.6) is 0 Å². The Kier molecular flexibility index (Phi) is 2.70. The van der Waals surface area contributed by atoms with Crippen LogP contribution in [0.4, 0.5) is 0 Å². The Hall–Kier alpha value is -1.32. The second-order valence-corrected chi connectivity index (χ2v) is 3.38. The largest absolute Gasteiger partial charge is 0.481 e. The van der Waals surface area contributed by atoms with Crippen LogP contribution >= 0.6 is 0 Å². The highest BCUT2D eigenvalue weighted by molar-refractivity contribution is 5.70. The van der Waals surface area contributed by atoms with Crippen LogP contribution in [0.25, 0.3) is 0 Å². The lowest BCUT2D eigenvalue weighted by Crippen LogP contribution is -2.16. The van der Waals surface area contributed by atoms with Crippen LogP contribution in [0, 0.1) is 5.92 Å². The molecule has 0 aliphatic carbocycles. The molecule has 1 aromatic heterocycles. The summed E-state index contributed by atoms with van der Waals surface area (Å²) >= 11 is 0. The highest BCUT2D eigenvalue weighted by atomic mass is 16.4. The first-order chi connectivity index (χ1) is 6.02. The van der Waals surface area contributed by atoms with E-state index in [-0.39, 0.29) is 5.92 Å². The van der Waals surface area contributed by atoms with E-state index in [9.17, 15) is 4.79 Å². The van der Waals surface area contributed by atoms with Gasteiger partial charge in [0.1, 0.15) is 0 Å². The SMILES string of the molecule is CC(C(=O)O)C(C)c1cn(C)cn1. The van der Waals surface area contributed by atoms with Crippen LogP contribution in [0.15, 0.2) is 12.5 Å². The summed E-state index contributed by atoms with van der Waals surface area (Å²) in [4.78, 5) is 14.8. The minimum Gasteiger partial charge on any atom is -0.481 e. The van der Waals surface area contributed by atoms with Gasteiger partial charge in [0, 0.05) is 19.2 Å². The maximum Gasteiger partial charge on any atom is 0.306 e. The first-order valence-electron chi connectivity index (χ1n) is 4.23. The highest BCUT2D eigenvalue weighted by Crippen LogP contribution is 2.22. The van der Waals surface area contributed by atoms with Crippen LogP contribution in [0.3, 0.4) is 0 Å². The molecule has 1 rings (SSSR count). The van der Waals surface area contributed by atoms with Crippen LogP contribution in [-0.4, -0.2) is 20.6 Å². The van der Waals surface area contributed by atoms with Gasteiger partial charge in [0.2, 0.25) is 0 Å². The van der Waals surface area contributed by atoms with E-state index < -0.39 is 11.9 Å². The number of rotatable bonds is 3. The average molecular weight is 182 g/mol. The number of aliphatic carboxylic acids is 1. The minimum atomic E-state index is -0.779. The maximum atomic E-state index is 10.7. The fourth-order valence-electron chi connectivity index (χ4n) is 1.14. The van der Waals surface area contributed by atoms with Gasteiger partial charge in [-0.1, -0.05) is 13.8 Å². The number of aryl methyl sites for hydroxylation is 1. The number of carboxylic acids is 1. The molecule has 72 valence electrons. The monoisotopic (exact) mass is 182 g/mol. The summed E-state index contributed by atoms with van der Waals surface area (Å²) in [5.74, 6) is -1.22. The van der Waals surface area contributed by atoms with Crippen molar-refractivity contribution in [1.82, 2.24) is 9.55 Å². The van der Waals surface area contributed by atoms with Gasteiger partial charge in [-0.2, -0.15) is 0 Å². The fraction of sp³-hybridized carbons (Fsp3) is 0.556. The molecule has 0 fully saturated rings. The third-order valence-corrected chi connectivity index (χ3v) is 2.33. The van der Waals surface area contributed by atoms with E-state index >= 15 is 0 Å².